The number of nitrogens with two attached hydrogens (primary N) is 3. The predicted molar refractivity (Wildman–Crippen MR) is 76.8 cm³/mol. The molecular weight excluding hydrogens is 276 g/mol. The molecule has 0 saturated heterocycles. The van der Waals surface area contributed by atoms with E-state index in [1.54, 1.807) is 6.07 Å². The maximum absolute atomic E-state index is 5.65. The average Bonchev–Trinajstić information content (AvgIpc) is 3.21. The van der Waals surface area contributed by atoms with Gasteiger partial charge in [0.15, 0.2) is 5.16 Å². The number of nitrogen functional groups attached to an aromatic ring is 3. The average molecular weight is 290 g/mol. The quantitative estimate of drug-likeness (QED) is 0.277. The van der Waals surface area contributed by atoms with Crippen LogP contribution in [0.25, 0.3) is 0 Å². The lowest BCUT2D eigenvalue weighted by Gasteiger charge is -2.06. The molecule has 1 saturated carbocycles. The zero-order valence-electron chi connectivity index (χ0n) is 10.6. The Hall–Kier alpha value is -2.13. The third kappa shape index (κ3) is 2.89. The van der Waals surface area contributed by atoms with Crippen LogP contribution in [0.4, 0.5) is 17.5 Å². The van der Waals surface area contributed by atoms with Gasteiger partial charge in [0.1, 0.15) is 28.3 Å². The molecule has 20 heavy (non-hydrogen) atoms. The minimum atomic E-state index is 0.327. The van der Waals surface area contributed by atoms with Crippen LogP contribution in [0, 0.1) is 0 Å². The Morgan fingerprint density at radius 3 is 2.35 bits per heavy atom. The van der Waals surface area contributed by atoms with Gasteiger partial charge in [-0.25, -0.2) is 25.8 Å². The van der Waals surface area contributed by atoms with Gasteiger partial charge in [0.2, 0.25) is 0 Å². The number of aromatic nitrogens is 4. The Balaban J connectivity index is 1.90. The van der Waals surface area contributed by atoms with Crippen molar-refractivity contribution in [1.29, 1.82) is 0 Å². The molecule has 0 aromatic carbocycles. The molecule has 1 aliphatic carbocycles. The fraction of sp³-hybridized carbons (Fsp3) is 0.273. The second kappa shape index (κ2) is 5.10. The van der Waals surface area contributed by atoms with Gasteiger partial charge in [-0.05, 0) is 24.6 Å². The molecule has 1 fully saturated rings. The van der Waals surface area contributed by atoms with E-state index in [1.807, 2.05) is 0 Å². The second-order valence-electron chi connectivity index (χ2n) is 4.47. The highest BCUT2D eigenvalue weighted by Gasteiger charge is 2.27. The summed E-state index contributed by atoms with van der Waals surface area (Å²) in [6.07, 6.45) is 2.22. The Morgan fingerprint density at radius 1 is 1.05 bits per heavy atom. The minimum absolute atomic E-state index is 0.327. The van der Waals surface area contributed by atoms with Crippen LogP contribution in [0.15, 0.2) is 22.3 Å². The monoisotopic (exact) mass is 290 g/mol. The number of anilines is 3. The number of hydrogen-bond acceptors (Lipinski definition) is 9. The molecule has 9 heteroatoms. The topological polar surface area (TPSA) is 142 Å². The van der Waals surface area contributed by atoms with Crippen LogP contribution in [0.5, 0.6) is 0 Å². The molecule has 0 spiro atoms. The molecule has 0 radical (unpaired) electrons. The van der Waals surface area contributed by atoms with Crippen LogP contribution in [0.1, 0.15) is 24.6 Å². The van der Waals surface area contributed by atoms with E-state index in [2.05, 4.69) is 25.4 Å². The Kier molecular flexibility index (Phi) is 3.28. The van der Waals surface area contributed by atoms with Crippen molar-refractivity contribution in [3.63, 3.8) is 0 Å². The van der Waals surface area contributed by atoms with Crippen LogP contribution in [0.3, 0.4) is 0 Å². The van der Waals surface area contributed by atoms with Gasteiger partial charge >= 0.3 is 0 Å². The third-order valence-corrected chi connectivity index (χ3v) is 3.53. The summed E-state index contributed by atoms with van der Waals surface area (Å²) in [7, 11) is 0. The fourth-order valence-corrected chi connectivity index (χ4v) is 2.49. The Morgan fingerprint density at radius 2 is 1.75 bits per heavy atom. The van der Waals surface area contributed by atoms with Gasteiger partial charge in [-0.15, -0.1) is 0 Å². The van der Waals surface area contributed by atoms with E-state index in [9.17, 15) is 0 Å². The van der Waals surface area contributed by atoms with Crippen molar-refractivity contribution in [1.82, 2.24) is 19.9 Å². The van der Waals surface area contributed by atoms with Crippen LogP contribution in [-0.2, 0) is 0 Å². The fourth-order valence-electron chi connectivity index (χ4n) is 1.69. The highest BCUT2D eigenvalue weighted by atomic mass is 32.2. The molecule has 2 aromatic rings. The zero-order valence-corrected chi connectivity index (χ0v) is 11.4. The van der Waals surface area contributed by atoms with Crippen molar-refractivity contribution >= 4 is 29.2 Å². The van der Waals surface area contributed by atoms with Gasteiger partial charge in [0.05, 0.1) is 0 Å². The number of nitrogens with zero attached hydrogens (tertiary/aromatic N) is 4. The highest BCUT2D eigenvalue weighted by Crippen LogP contribution is 2.39. The number of nitrogens with one attached hydrogen (secondary N) is 1. The molecule has 8 nitrogen and oxygen atoms in total. The summed E-state index contributed by atoms with van der Waals surface area (Å²) in [6, 6.07) is 3.24. The predicted octanol–water partition coefficient (Wildman–Crippen LogP) is 0.745. The van der Waals surface area contributed by atoms with Crippen LogP contribution < -0.4 is 22.7 Å². The van der Waals surface area contributed by atoms with Gasteiger partial charge < -0.3 is 16.9 Å². The van der Waals surface area contributed by atoms with Crippen molar-refractivity contribution in [2.45, 2.75) is 28.9 Å². The van der Waals surface area contributed by atoms with E-state index in [-0.39, 0.29) is 0 Å². The summed E-state index contributed by atoms with van der Waals surface area (Å²) in [5.41, 5.74) is 13.8. The van der Waals surface area contributed by atoms with Gasteiger partial charge in [-0.2, -0.15) is 0 Å². The van der Waals surface area contributed by atoms with Crippen molar-refractivity contribution in [3.8, 4) is 0 Å². The summed E-state index contributed by atoms with van der Waals surface area (Å²) in [5, 5.41) is 1.16. The largest absolute Gasteiger partial charge is 0.383 e. The lowest BCUT2D eigenvalue weighted by Crippen LogP contribution is -2.10. The Bertz CT molecular complexity index is 622. The van der Waals surface area contributed by atoms with E-state index in [0.29, 0.717) is 33.6 Å². The molecule has 2 aromatic heterocycles. The summed E-state index contributed by atoms with van der Waals surface area (Å²) in [6.45, 7) is 0. The van der Waals surface area contributed by atoms with Crippen LogP contribution in [0.2, 0.25) is 0 Å². The molecule has 2 heterocycles. The summed E-state index contributed by atoms with van der Waals surface area (Å²) in [4.78, 5) is 17.1. The molecule has 104 valence electrons. The van der Waals surface area contributed by atoms with Crippen molar-refractivity contribution in [2.24, 2.45) is 5.84 Å². The first-order valence-electron chi connectivity index (χ1n) is 6.07. The third-order valence-electron chi connectivity index (χ3n) is 2.75. The number of hydrazine groups is 1. The molecule has 0 bridgehead atoms. The zero-order chi connectivity index (χ0) is 14.1. The number of rotatable bonds is 4. The first-order chi connectivity index (χ1) is 9.64. The first kappa shape index (κ1) is 12.9. The normalized spacial score (nSPS) is 14.2. The van der Waals surface area contributed by atoms with Crippen molar-refractivity contribution in [2.75, 3.05) is 16.9 Å². The molecular formula is C11H14N8S. The molecule has 7 N–H and O–H groups in total. The lowest BCUT2D eigenvalue weighted by atomic mass is 10.4. The maximum atomic E-state index is 5.65. The van der Waals surface area contributed by atoms with Gasteiger partial charge in [0, 0.05) is 18.1 Å². The van der Waals surface area contributed by atoms with Crippen molar-refractivity contribution < 1.29 is 0 Å². The standard InChI is InChI=1S/C11H14N8S/c12-6-3-7(13)16-11(15-6)20-9-4-8(19-14)17-10(18-9)5-1-2-5/h3-5H,1-2,14H2,(H,17,18,19)(H4,12,13,15,16). The second-order valence-corrected chi connectivity index (χ2v) is 5.46. The van der Waals surface area contributed by atoms with Crippen LogP contribution in [-0.4, -0.2) is 19.9 Å². The molecule has 0 amide bonds. The Labute approximate surface area is 119 Å². The molecule has 1 aliphatic rings. The van der Waals surface area contributed by atoms with E-state index in [0.717, 1.165) is 18.7 Å². The van der Waals surface area contributed by atoms with Crippen molar-refractivity contribution in [3.05, 3.63) is 18.0 Å². The summed E-state index contributed by atoms with van der Waals surface area (Å²) >= 11 is 1.28. The van der Waals surface area contributed by atoms with Gasteiger partial charge in [-0.1, -0.05) is 0 Å². The SMILES string of the molecule is NNc1cc(Sc2nc(N)cc(N)n2)nc(C2CC2)n1. The lowest BCUT2D eigenvalue weighted by molar-refractivity contribution is 0.873. The summed E-state index contributed by atoms with van der Waals surface area (Å²) < 4.78 is 0. The smallest absolute Gasteiger partial charge is 0.197 e. The van der Waals surface area contributed by atoms with Gasteiger partial charge in [0.25, 0.3) is 0 Å². The van der Waals surface area contributed by atoms with E-state index in [1.165, 1.54) is 17.8 Å². The van der Waals surface area contributed by atoms with Gasteiger partial charge in [-0.3, -0.25) is 0 Å². The molecule has 0 atom stereocenters. The van der Waals surface area contributed by atoms with E-state index in [4.69, 9.17) is 17.3 Å². The van der Waals surface area contributed by atoms with E-state index >= 15 is 0 Å². The van der Waals surface area contributed by atoms with E-state index < -0.39 is 0 Å². The highest BCUT2D eigenvalue weighted by molar-refractivity contribution is 7.99. The molecule has 0 aliphatic heterocycles. The maximum Gasteiger partial charge on any atom is 0.197 e. The first-order valence-corrected chi connectivity index (χ1v) is 6.89. The molecule has 0 unspecified atom stereocenters. The molecule has 3 rings (SSSR count). The van der Waals surface area contributed by atoms with Crippen LogP contribution >= 0.6 is 11.8 Å². The number of hydrogen-bond donors (Lipinski definition) is 4. The minimum Gasteiger partial charge on any atom is -0.383 e. The summed E-state index contributed by atoms with van der Waals surface area (Å²) in [5.74, 6) is 7.87.